The van der Waals surface area contributed by atoms with Crippen LogP contribution in [0.4, 0.5) is 5.69 Å². The molecular weight excluding hydrogens is 330 g/mol. The Bertz CT molecular complexity index is 735. The molecule has 4 rings (SSSR count). The number of hydrogen-bond donors (Lipinski definition) is 0. The predicted molar refractivity (Wildman–Crippen MR) is 81.8 cm³/mol. The van der Waals surface area contributed by atoms with Crippen molar-refractivity contribution in [3.8, 4) is 6.07 Å². The molecule has 106 valence electrons. The van der Waals surface area contributed by atoms with E-state index in [1.807, 2.05) is 29.8 Å². The van der Waals surface area contributed by atoms with Gasteiger partial charge in [0.05, 0.1) is 11.3 Å². The summed E-state index contributed by atoms with van der Waals surface area (Å²) in [7, 11) is 2.00. The maximum atomic E-state index is 9.30. The zero-order valence-corrected chi connectivity index (χ0v) is 13.2. The number of para-hydroxylation sites is 1. The van der Waals surface area contributed by atoms with Crippen LogP contribution in [0.5, 0.6) is 0 Å². The molecule has 2 atom stereocenters. The van der Waals surface area contributed by atoms with Crippen molar-refractivity contribution in [3.63, 3.8) is 0 Å². The van der Waals surface area contributed by atoms with Gasteiger partial charge in [0.15, 0.2) is 0 Å². The second-order valence-electron chi connectivity index (χ2n) is 5.81. The van der Waals surface area contributed by atoms with E-state index in [-0.39, 0.29) is 0 Å². The van der Waals surface area contributed by atoms with Gasteiger partial charge >= 0.3 is 0 Å². The summed E-state index contributed by atoms with van der Waals surface area (Å²) in [5.74, 6) is 2.89. The molecule has 0 N–H and O–H groups in total. The topological polar surface area (TPSA) is 57.7 Å². The second-order valence-corrected chi connectivity index (χ2v) is 6.66. The molecule has 1 aromatic carbocycles. The van der Waals surface area contributed by atoms with Crippen LogP contribution in [0.15, 0.2) is 29.0 Å². The summed E-state index contributed by atoms with van der Waals surface area (Å²) in [5.41, 5.74) is 1.77. The number of anilines is 1. The van der Waals surface area contributed by atoms with Crippen molar-refractivity contribution in [1.82, 2.24) is 14.8 Å². The van der Waals surface area contributed by atoms with Gasteiger partial charge < -0.3 is 9.47 Å². The van der Waals surface area contributed by atoms with E-state index in [9.17, 15) is 5.26 Å². The molecule has 21 heavy (non-hydrogen) atoms. The highest BCUT2D eigenvalue weighted by Crippen LogP contribution is 2.58. The van der Waals surface area contributed by atoms with Gasteiger partial charge in [-0.3, -0.25) is 0 Å². The van der Waals surface area contributed by atoms with Crippen molar-refractivity contribution >= 4 is 21.6 Å². The lowest BCUT2D eigenvalue weighted by atomic mass is 10.1. The lowest BCUT2D eigenvalue weighted by Gasteiger charge is -2.24. The molecule has 1 aliphatic carbocycles. The predicted octanol–water partition coefficient (Wildman–Crippen LogP) is 2.30. The van der Waals surface area contributed by atoms with E-state index >= 15 is 0 Å². The minimum Gasteiger partial charge on any atom is -0.369 e. The Kier molecular flexibility index (Phi) is 2.79. The van der Waals surface area contributed by atoms with Crippen LogP contribution >= 0.6 is 15.9 Å². The Morgan fingerprint density at radius 2 is 2.10 bits per heavy atom. The highest BCUT2D eigenvalue weighted by atomic mass is 79.9. The standard InChI is InChI=1S/C15H14BrN5/c1-20-8-18-19-15(20)13-10-6-21(7-11(10)13)14-9(5-17)3-2-4-12(14)16/h2-4,8,10-11,13H,6-7H2,1H3. The summed E-state index contributed by atoms with van der Waals surface area (Å²) >= 11 is 3.58. The smallest absolute Gasteiger partial charge is 0.136 e. The molecule has 6 heteroatoms. The number of nitrogens with zero attached hydrogens (tertiary/aromatic N) is 5. The number of rotatable bonds is 2. The highest BCUT2D eigenvalue weighted by Gasteiger charge is 2.58. The summed E-state index contributed by atoms with van der Waals surface area (Å²) in [4.78, 5) is 2.32. The number of nitriles is 1. The fourth-order valence-corrected chi connectivity index (χ4v) is 4.23. The van der Waals surface area contributed by atoms with Gasteiger partial charge in [0.1, 0.15) is 18.2 Å². The Morgan fingerprint density at radius 3 is 2.71 bits per heavy atom. The molecule has 2 heterocycles. The first kappa shape index (κ1) is 12.8. The van der Waals surface area contributed by atoms with Gasteiger partial charge in [0, 0.05) is 30.5 Å². The lowest BCUT2D eigenvalue weighted by molar-refractivity contribution is 0.683. The van der Waals surface area contributed by atoms with Crippen molar-refractivity contribution in [3.05, 3.63) is 40.4 Å². The zero-order chi connectivity index (χ0) is 14.6. The SMILES string of the molecule is Cn1cnnc1C1C2CN(c3c(Br)cccc3C#N)CC21. The highest BCUT2D eigenvalue weighted by molar-refractivity contribution is 9.10. The van der Waals surface area contributed by atoms with Crippen molar-refractivity contribution in [1.29, 1.82) is 5.26 Å². The first-order valence-corrected chi connectivity index (χ1v) is 7.77. The molecule has 5 nitrogen and oxygen atoms in total. The van der Waals surface area contributed by atoms with Crippen LogP contribution in [-0.2, 0) is 7.05 Å². The van der Waals surface area contributed by atoms with Crippen LogP contribution < -0.4 is 4.90 Å². The molecule has 0 spiro atoms. The van der Waals surface area contributed by atoms with E-state index in [0.29, 0.717) is 17.8 Å². The van der Waals surface area contributed by atoms with Crippen molar-refractivity contribution in [2.75, 3.05) is 18.0 Å². The van der Waals surface area contributed by atoms with Crippen LogP contribution in [0, 0.1) is 23.2 Å². The zero-order valence-electron chi connectivity index (χ0n) is 11.6. The minimum absolute atomic E-state index is 0.529. The van der Waals surface area contributed by atoms with Crippen LogP contribution in [-0.4, -0.2) is 27.9 Å². The summed E-state index contributed by atoms with van der Waals surface area (Å²) in [6.07, 6.45) is 1.77. The van der Waals surface area contributed by atoms with E-state index in [1.54, 1.807) is 6.33 Å². The number of hydrogen-bond acceptors (Lipinski definition) is 4. The molecule has 1 saturated heterocycles. The molecule has 0 radical (unpaired) electrons. The second kappa shape index (κ2) is 4.57. The third kappa shape index (κ3) is 1.88. The first-order chi connectivity index (χ1) is 10.2. The van der Waals surface area contributed by atoms with Crippen molar-refractivity contribution < 1.29 is 0 Å². The molecule has 2 aromatic rings. The van der Waals surface area contributed by atoms with Gasteiger partial charge in [0.2, 0.25) is 0 Å². The monoisotopic (exact) mass is 343 g/mol. The van der Waals surface area contributed by atoms with Crippen LogP contribution in [0.3, 0.4) is 0 Å². The molecule has 1 aliphatic heterocycles. The molecule has 2 unspecified atom stereocenters. The van der Waals surface area contributed by atoms with E-state index in [4.69, 9.17) is 0 Å². The van der Waals surface area contributed by atoms with Gasteiger partial charge in [-0.15, -0.1) is 10.2 Å². The Morgan fingerprint density at radius 1 is 1.33 bits per heavy atom. The normalized spacial score (nSPS) is 26.5. The maximum Gasteiger partial charge on any atom is 0.136 e. The number of benzene rings is 1. The fourth-order valence-electron chi connectivity index (χ4n) is 3.61. The molecule has 1 saturated carbocycles. The fraction of sp³-hybridized carbons (Fsp3) is 0.400. The van der Waals surface area contributed by atoms with Gasteiger partial charge in [0.25, 0.3) is 0 Å². The largest absolute Gasteiger partial charge is 0.369 e. The summed E-state index contributed by atoms with van der Waals surface area (Å²) < 4.78 is 3.02. The maximum absolute atomic E-state index is 9.30. The Hall–Kier alpha value is -1.87. The van der Waals surface area contributed by atoms with Gasteiger partial charge in [-0.25, -0.2) is 0 Å². The van der Waals surface area contributed by atoms with E-state index in [1.165, 1.54) is 0 Å². The number of aryl methyl sites for hydroxylation is 1. The minimum atomic E-state index is 0.529. The third-order valence-electron chi connectivity index (χ3n) is 4.66. The molecule has 2 aliphatic rings. The Labute approximate surface area is 131 Å². The van der Waals surface area contributed by atoms with E-state index < -0.39 is 0 Å². The molecule has 2 fully saturated rings. The third-order valence-corrected chi connectivity index (χ3v) is 5.30. The van der Waals surface area contributed by atoms with E-state index in [0.717, 1.165) is 34.6 Å². The Balaban J connectivity index is 1.57. The summed E-state index contributed by atoms with van der Waals surface area (Å²) in [6.45, 7) is 1.97. The average Bonchev–Trinajstić information content (AvgIpc) is 2.84. The number of piperidine rings is 1. The van der Waals surface area contributed by atoms with E-state index in [2.05, 4.69) is 37.1 Å². The number of aromatic nitrogens is 3. The average molecular weight is 344 g/mol. The van der Waals surface area contributed by atoms with Crippen LogP contribution in [0.1, 0.15) is 17.3 Å². The summed E-state index contributed by atoms with van der Waals surface area (Å²) in [6, 6.07) is 8.08. The van der Waals surface area contributed by atoms with Crippen molar-refractivity contribution in [2.45, 2.75) is 5.92 Å². The summed E-state index contributed by atoms with van der Waals surface area (Å²) in [5, 5.41) is 17.5. The number of halogens is 1. The number of fused-ring (bicyclic) bond motifs is 1. The lowest BCUT2D eigenvalue weighted by Crippen LogP contribution is -2.25. The van der Waals surface area contributed by atoms with Gasteiger partial charge in [-0.2, -0.15) is 5.26 Å². The van der Waals surface area contributed by atoms with Crippen LogP contribution in [0.25, 0.3) is 0 Å². The van der Waals surface area contributed by atoms with Gasteiger partial charge in [-0.05, 0) is 39.9 Å². The quantitative estimate of drug-likeness (QED) is 0.839. The van der Waals surface area contributed by atoms with Crippen LogP contribution in [0.2, 0.25) is 0 Å². The molecule has 1 aromatic heterocycles. The van der Waals surface area contributed by atoms with Crippen molar-refractivity contribution in [2.24, 2.45) is 18.9 Å². The van der Waals surface area contributed by atoms with Gasteiger partial charge in [-0.1, -0.05) is 6.07 Å². The molecule has 0 amide bonds. The molecule has 0 bridgehead atoms. The molecular formula is C15H14BrN5. The first-order valence-electron chi connectivity index (χ1n) is 6.98.